The molecule has 2 saturated heterocycles. The van der Waals surface area contributed by atoms with Gasteiger partial charge in [-0.15, -0.1) is 0 Å². The van der Waals surface area contributed by atoms with E-state index in [1.165, 1.54) is 12.8 Å². The second-order valence-electron chi connectivity index (χ2n) is 6.25. The van der Waals surface area contributed by atoms with Gasteiger partial charge in [0.15, 0.2) is 6.29 Å². The van der Waals surface area contributed by atoms with E-state index >= 15 is 0 Å². The number of piperidine rings is 1. The maximum Gasteiger partial charge on any atom is 0.173 e. The number of nitrogens with zero attached hydrogens (tertiary/aromatic N) is 2. The van der Waals surface area contributed by atoms with Crippen molar-refractivity contribution in [2.24, 2.45) is 0 Å². The molecule has 0 spiro atoms. The van der Waals surface area contributed by atoms with Crippen molar-refractivity contribution in [1.82, 2.24) is 9.88 Å². The number of benzene rings is 1. The molecule has 5 heteroatoms. The Morgan fingerprint density at radius 1 is 1.17 bits per heavy atom. The minimum Gasteiger partial charge on any atom is -0.349 e. The first kappa shape index (κ1) is 15.0. The summed E-state index contributed by atoms with van der Waals surface area (Å²) < 4.78 is 25.4. The molecule has 2 fully saturated rings. The lowest BCUT2D eigenvalue weighted by atomic mass is 10.00. The molecule has 1 aromatic carbocycles. The highest BCUT2D eigenvalue weighted by Crippen LogP contribution is 2.28. The summed E-state index contributed by atoms with van der Waals surface area (Å²) in [6, 6.07) is 7.24. The molecule has 3 heterocycles. The molecule has 4 rings (SSSR count). The van der Waals surface area contributed by atoms with E-state index in [2.05, 4.69) is 9.88 Å². The summed E-state index contributed by atoms with van der Waals surface area (Å²) in [5.74, 6) is -0.213. The fourth-order valence-electron chi connectivity index (χ4n) is 3.66. The van der Waals surface area contributed by atoms with Crippen molar-refractivity contribution in [3.05, 3.63) is 41.8 Å². The van der Waals surface area contributed by atoms with Crippen LogP contribution in [0.4, 0.5) is 4.39 Å². The topological polar surface area (TPSA) is 34.6 Å². The number of hydrogen-bond acceptors (Lipinski definition) is 4. The van der Waals surface area contributed by atoms with E-state index in [4.69, 9.17) is 9.47 Å². The third-order valence-corrected chi connectivity index (χ3v) is 4.80. The number of likely N-dealkylation sites (tertiary alicyclic amines) is 1. The zero-order chi connectivity index (χ0) is 15.6. The van der Waals surface area contributed by atoms with E-state index in [9.17, 15) is 4.39 Å². The van der Waals surface area contributed by atoms with Gasteiger partial charge in [0.05, 0.1) is 24.8 Å². The molecule has 122 valence electrons. The van der Waals surface area contributed by atoms with Crippen LogP contribution in [0, 0.1) is 5.82 Å². The summed E-state index contributed by atoms with van der Waals surface area (Å²) in [6.45, 7) is 3.12. The average molecular weight is 316 g/mol. The van der Waals surface area contributed by atoms with Crippen LogP contribution in [0.1, 0.15) is 24.8 Å². The Balaban J connectivity index is 1.62. The molecule has 0 unspecified atom stereocenters. The van der Waals surface area contributed by atoms with Gasteiger partial charge in [-0.05, 0) is 43.1 Å². The second-order valence-corrected chi connectivity index (χ2v) is 6.25. The van der Waals surface area contributed by atoms with Crippen molar-refractivity contribution in [3.63, 3.8) is 0 Å². The molecule has 4 nitrogen and oxygen atoms in total. The number of pyridine rings is 1. The maximum absolute atomic E-state index is 14.0. The maximum atomic E-state index is 14.0. The summed E-state index contributed by atoms with van der Waals surface area (Å²) in [7, 11) is 0. The lowest BCUT2D eigenvalue weighted by Gasteiger charge is -2.38. The van der Waals surface area contributed by atoms with Crippen LogP contribution in [-0.2, 0) is 16.0 Å². The number of halogens is 1. The Kier molecular flexibility index (Phi) is 4.25. The molecule has 2 aromatic rings. The van der Waals surface area contributed by atoms with Gasteiger partial charge in [-0.2, -0.15) is 0 Å². The standard InChI is InChI=1S/C18H21FN2O2/c19-15-7-6-13(17-14(15)4-3-8-20-17)12-21-9-2-1-5-16(21)18-22-10-11-23-18/h3-4,6-8,16,18H,1-2,5,9-12H2/t16-/m1/s1. The molecule has 2 aliphatic rings. The summed E-state index contributed by atoms with van der Waals surface area (Å²) >= 11 is 0. The molecular formula is C18H21FN2O2. The largest absolute Gasteiger partial charge is 0.349 e. The van der Waals surface area contributed by atoms with Crippen LogP contribution >= 0.6 is 0 Å². The molecule has 0 saturated carbocycles. The highest BCUT2D eigenvalue weighted by molar-refractivity contribution is 5.82. The van der Waals surface area contributed by atoms with Gasteiger partial charge in [-0.1, -0.05) is 12.5 Å². The Bertz CT molecular complexity index is 688. The molecule has 0 amide bonds. The van der Waals surface area contributed by atoms with Gasteiger partial charge in [0.25, 0.3) is 0 Å². The van der Waals surface area contributed by atoms with Crippen molar-refractivity contribution < 1.29 is 13.9 Å². The van der Waals surface area contributed by atoms with Gasteiger partial charge in [-0.25, -0.2) is 4.39 Å². The number of aromatic nitrogens is 1. The minimum absolute atomic E-state index is 0.130. The fraction of sp³-hybridized carbons (Fsp3) is 0.500. The smallest absolute Gasteiger partial charge is 0.173 e. The van der Waals surface area contributed by atoms with E-state index in [0.717, 1.165) is 30.6 Å². The van der Waals surface area contributed by atoms with E-state index in [0.29, 0.717) is 18.6 Å². The second kappa shape index (κ2) is 6.51. The molecule has 1 aromatic heterocycles. The van der Waals surface area contributed by atoms with Crippen LogP contribution in [0.2, 0.25) is 0 Å². The van der Waals surface area contributed by atoms with Crippen molar-refractivity contribution in [2.75, 3.05) is 19.8 Å². The lowest BCUT2D eigenvalue weighted by molar-refractivity contribution is -0.111. The molecule has 1 atom stereocenters. The highest BCUT2D eigenvalue weighted by Gasteiger charge is 2.33. The van der Waals surface area contributed by atoms with Crippen LogP contribution < -0.4 is 0 Å². The van der Waals surface area contributed by atoms with Crippen LogP contribution in [0.15, 0.2) is 30.5 Å². The summed E-state index contributed by atoms with van der Waals surface area (Å²) in [5.41, 5.74) is 1.82. The first-order chi connectivity index (χ1) is 11.3. The fourth-order valence-corrected chi connectivity index (χ4v) is 3.66. The van der Waals surface area contributed by atoms with Crippen LogP contribution in [0.5, 0.6) is 0 Å². The molecule has 0 aliphatic carbocycles. The van der Waals surface area contributed by atoms with Gasteiger partial charge in [0, 0.05) is 18.1 Å². The quantitative estimate of drug-likeness (QED) is 0.871. The number of fused-ring (bicyclic) bond motifs is 1. The zero-order valence-electron chi connectivity index (χ0n) is 13.1. The average Bonchev–Trinajstić information content (AvgIpc) is 3.13. The molecule has 23 heavy (non-hydrogen) atoms. The molecule has 2 aliphatic heterocycles. The number of hydrogen-bond donors (Lipinski definition) is 0. The SMILES string of the molecule is Fc1ccc(CN2CCCC[C@@H]2C2OCCO2)c2ncccc12. The predicted octanol–water partition coefficient (Wildman–Crippen LogP) is 3.10. The van der Waals surface area contributed by atoms with Gasteiger partial charge in [-0.3, -0.25) is 9.88 Å². The first-order valence-electron chi connectivity index (χ1n) is 8.32. The normalized spacial score (nSPS) is 23.6. The van der Waals surface area contributed by atoms with Gasteiger partial charge in [0.1, 0.15) is 5.82 Å². The Labute approximate surface area is 135 Å². The zero-order valence-corrected chi connectivity index (χ0v) is 13.1. The van der Waals surface area contributed by atoms with Crippen molar-refractivity contribution in [2.45, 2.75) is 38.1 Å². The Morgan fingerprint density at radius 3 is 2.91 bits per heavy atom. The van der Waals surface area contributed by atoms with Crippen molar-refractivity contribution in [1.29, 1.82) is 0 Å². The van der Waals surface area contributed by atoms with E-state index in [-0.39, 0.29) is 18.1 Å². The van der Waals surface area contributed by atoms with E-state index < -0.39 is 0 Å². The van der Waals surface area contributed by atoms with Gasteiger partial charge in [0.2, 0.25) is 0 Å². The predicted molar refractivity (Wildman–Crippen MR) is 85.4 cm³/mol. The minimum atomic E-state index is -0.213. The number of ether oxygens (including phenoxy) is 2. The molecule has 0 bridgehead atoms. The van der Waals surface area contributed by atoms with Crippen molar-refractivity contribution in [3.8, 4) is 0 Å². The third kappa shape index (κ3) is 2.96. The first-order valence-corrected chi connectivity index (χ1v) is 8.32. The van der Waals surface area contributed by atoms with E-state index in [1.54, 1.807) is 24.4 Å². The van der Waals surface area contributed by atoms with Gasteiger partial charge >= 0.3 is 0 Å². The monoisotopic (exact) mass is 316 g/mol. The van der Waals surface area contributed by atoms with E-state index in [1.807, 2.05) is 6.07 Å². The Morgan fingerprint density at radius 2 is 2.04 bits per heavy atom. The molecular weight excluding hydrogens is 295 g/mol. The van der Waals surface area contributed by atoms with Gasteiger partial charge < -0.3 is 9.47 Å². The number of rotatable bonds is 3. The van der Waals surface area contributed by atoms with Crippen LogP contribution in [-0.4, -0.2) is 42.0 Å². The van der Waals surface area contributed by atoms with Crippen LogP contribution in [0.3, 0.4) is 0 Å². The molecule has 0 N–H and O–H groups in total. The molecule has 0 radical (unpaired) electrons. The van der Waals surface area contributed by atoms with Crippen LogP contribution in [0.25, 0.3) is 10.9 Å². The Hall–Kier alpha value is -1.56. The third-order valence-electron chi connectivity index (χ3n) is 4.80. The highest BCUT2D eigenvalue weighted by atomic mass is 19.1. The summed E-state index contributed by atoms with van der Waals surface area (Å²) in [5, 5.41) is 0.590. The van der Waals surface area contributed by atoms with Crippen molar-refractivity contribution >= 4 is 10.9 Å². The lowest BCUT2D eigenvalue weighted by Crippen LogP contribution is -2.46. The summed E-state index contributed by atoms with van der Waals surface area (Å²) in [4.78, 5) is 6.80. The summed E-state index contributed by atoms with van der Waals surface area (Å²) in [6.07, 6.45) is 5.05.